The maximum atomic E-state index is 13.0. The van der Waals surface area contributed by atoms with E-state index in [1.165, 1.54) is 23.3 Å². The van der Waals surface area contributed by atoms with Crippen LogP contribution in [0.5, 0.6) is 0 Å². The molecule has 1 aliphatic rings. The second-order valence-electron chi connectivity index (χ2n) is 4.60. The molecule has 0 bridgehead atoms. The molecule has 0 spiro atoms. The van der Waals surface area contributed by atoms with Crippen molar-refractivity contribution in [2.45, 2.75) is 12.3 Å². The first-order chi connectivity index (χ1) is 8.74. The molecule has 3 rings (SSSR count). The van der Waals surface area contributed by atoms with E-state index in [1.807, 2.05) is 0 Å². The molecule has 0 saturated heterocycles. The summed E-state index contributed by atoms with van der Waals surface area (Å²) in [5, 5.41) is 3.37. The van der Waals surface area contributed by atoms with E-state index in [4.69, 9.17) is 0 Å². The second-order valence-corrected chi connectivity index (χ2v) is 5.46. The molecule has 1 N–H and O–H groups in total. The van der Waals surface area contributed by atoms with Gasteiger partial charge in [0.25, 0.3) is 0 Å². The van der Waals surface area contributed by atoms with E-state index in [9.17, 15) is 4.39 Å². The van der Waals surface area contributed by atoms with Crippen LogP contribution in [0.15, 0.2) is 46.9 Å². The molecule has 18 heavy (non-hydrogen) atoms. The number of hydrogen-bond acceptors (Lipinski definition) is 1. The number of anilines is 1. The number of hydrogen-bond donors (Lipinski definition) is 1. The number of rotatable bonds is 3. The Hall–Kier alpha value is -1.35. The largest absolute Gasteiger partial charge is 0.384 e. The molecule has 0 aromatic heterocycles. The highest BCUT2D eigenvalue weighted by molar-refractivity contribution is 9.10. The Labute approximate surface area is 114 Å². The van der Waals surface area contributed by atoms with Gasteiger partial charge < -0.3 is 5.32 Å². The van der Waals surface area contributed by atoms with Crippen LogP contribution in [0, 0.1) is 5.82 Å². The van der Waals surface area contributed by atoms with Crippen molar-refractivity contribution in [3.8, 4) is 0 Å². The molecule has 0 saturated carbocycles. The summed E-state index contributed by atoms with van der Waals surface area (Å²) in [6.45, 7) is 0.890. The highest BCUT2D eigenvalue weighted by atomic mass is 79.9. The smallest absolute Gasteiger partial charge is 0.124 e. The van der Waals surface area contributed by atoms with Gasteiger partial charge in [-0.15, -0.1) is 0 Å². The molecule has 1 nitrogen and oxygen atoms in total. The molecular weight excluding hydrogens is 293 g/mol. The number of halogens is 2. The Bertz CT molecular complexity index is 582. The standard InChI is InChI=1S/C15H13BrFN/c16-14-8-12(17)5-6-15(14)18-9-11-7-10-3-1-2-4-13(10)11/h1-6,8,11,18H,7,9H2. The van der Waals surface area contributed by atoms with Gasteiger partial charge in [0.15, 0.2) is 0 Å². The summed E-state index contributed by atoms with van der Waals surface area (Å²) in [6, 6.07) is 13.3. The van der Waals surface area contributed by atoms with Gasteiger partial charge in [-0.05, 0) is 51.7 Å². The molecule has 1 unspecified atom stereocenters. The molecular formula is C15H13BrFN. The van der Waals surface area contributed by atoms with Gasteiger partial charge in [0.05, 0.1) is 0 Å². The molecule has 2 aromatic carbocycles. The quantitative estimate of drug-likeness (QED) is 0.889. The van der Waals surface area contributed by atoms with Crippen molar-refractivity contribution >= 4 is 21.6 Å². The maximum absolute atomic E-state index is 13.0. The summed E-state index contributed by atoms with van der Waals surface area (Å²) >= 11 is 3.37. The highest BCUT2D eigenvalue weighted by Gasteiger charge is 2.24. The summed E-state index contributed by atoms with van der Waals surface area (Å²) in [4.78, 5) is 0. The van der Waals surface area contributed by atoms with Gasteiger partial charge in [0, 0.05) is 22.6 Å². The van der Waals surface area contributed by atoms with Crippen molar-refractivity contribution in [2.75, 3.05) is 11.9 Å². The zero-order chi connectivity index (χ0) is 12.5. The fraction of sp³-hybridized carbons (Fsp3) is 0.200. The van der Waals surface area contributed by atoms with Gasteiger partial charge in [-0.2, -0.15) is 0 Å². The Morgan fingerprint density at radius 3 is 2.83 bits per heavy atom. The van der Waals surface area contributed by atoms with Gasteiger partial charge in [0.1, 0.15) is 5.82 Å². The lowest BCUT2D eigenvalue weighted by Gasteiger charge is -2.30. The van der Waals surface area contributed by atoms with Crippen LogP contribution in [-0.2, 0) is 6.42 Å². The number of nitrogens with one attached hydrogen (secondary N) is 1. The average Bonchev–Trinajstić information content (AvgIpc) is 2.33. The lowest BCUT2D eigenvalue weighted by molar-refractivity contribution is 0.625. The molecule has 0 aliphatic heterocycles. The van der Waals surface area contributed by atoms with E-state index in [0.29, 0.717) is 5.92 Å². The van der Waals surface area contributed by atoms with Crippen LogP contribution in [-0.4, -0.2) is 6.54 Å². The molecule has 0 heterocycles. The third-order valence-corrected chi connectivity index (χ3v) is 4.09. The van der Waals surface area contributed by atoms with Gasteiger partial charge in [0.2, 0.25) is 0 Å². The van der Waals surface area contributed by atoms with Gasteiger partial charge >= 0.3 is 0 Å². The predicted octanol–water partition coefficient (Wildman–Crippen LogP) is 4.34. The lowest BCUT2D eigenvalue weighted by atomic mass is 9.77. The Kier molecular flexibility index (Phi) is 3.08. The number of fused-ring (bicyclic) bond motifs is 1. The van der Waals surface area contributed by atoms with E-state index in [-0.39, 0.29) is 5.82 Å². The molecule has 0 fully saturated rings. The zero-order valence-electron chi connectivity index (χ0n) is 9.79. The van der Waals surface area contributed by atoms with Gasteiger partial charge in [-0.3, -0.25) is 0 Å². The molecule has 1 aliphatic carbocycles. The van der Waals surface area contributed by atoms with Gasteiger partial charge in [-0.25, -0.2) is 4.39 Å². The van der Waals surface area contributed by atoms with Crippen molar-refractivity contribution in [1.82, 2.24) is 0 Å². The summed E-state index contributed by atoms with van der Waals surface area (Å²) in [5.74, 6) is 0.347. The first kappa shape index (κ1) is 11.7. The average molecular weight is 306 g/mol. The zero-order valence-corrected chi connectivity index (χ0v) is 11.4. The third-order valence-electron chi connectivity index (χ3n) is 3.43. The predicted molar refractivity (Wildman–Crippen MR) is 75.5 cm³/mol. The van der Waals surface area contributed by atoms with Crippen LogP contribution in [0.25, 0.3) is 0 Å². The van der Waals surface area contributed by atoms with Crippen LogP contribution in [0.2, 0.25) is 0 Å². The molecule has 0 radical (unpaired) electrons. The minimum Gasteiger partial charge on any atom is -0.384 e. The van der Waals surface area contributed by atoms with Crippen LogP contribution in [0.3, 0.4) is 0 Å². The van der Waals surface area contributed by atoms with Crippen molar-refractivity contribution in [3.05, 3.63) is 63.9 Å². The Morgan fingerprint density at radius 2 is 2.06 bits per heavy atom. The summed E-state index contributed by atoms with van der Waals surface area (Å²) in [6.07, 6.45) is 1.13. The Balaban J connectivity index is 1.66. The molecule has 92 valence electrons. The van der Waals surface area contributed by atoms with Crippen LogP contribution < -0.4 is 5.32 Å². The highest BCUT2D eigenvalue weighted by Crippen LogP contribution is 2.35. The van der Waals surface area contributed by atoms with Crippen molar-refractivity contribution in [1.29, 1.82) is 0 Å². The normalized spacial score (nSPS) is 16.9. The third kappa shape index (κ3) is 2.15. The summed E-state index contributed by atoms with van der Waals surface area (Å²) in [7, 11) is 0. The summed E-state index contributed by atoms with van der Waals surface area (Å²) < 4.78 is 13.7. The fourth-order valence-electron chi connectivity index (χ4n) is 2.41. The van der Waals surface area contributed by atoms with Crippen LogP contribution in [0.1, 0.15) is 17.0 Å². The first-order valence-corrected chi connectivity index (χ1v) is 6.80. The van der Waals surface area contributed by atoms with E-state index >= 15 is 0 Å². The van der Waals surface area contributed by atoms with Crippen LogP contribution in [0.4, 0.5) is 10.1 Å². The maximum Gasteiger partial charge on any atom is 0.124 e. The van der Waals surface area contributed by atoms with Crippen molar-refractivity contribution in [3.63, 3.8) is 0 Å². The topological polar surface area (TPSA) is 12.0 Å². The van der Waals surface area contributed by atoms with Gasteiger partial charge in [-0.1, -0.05) is 24.3 Å². The molecule has 0 amide bonds. The lowest BCUT2D eigenvalue weighted by Crippen LogP contribution is -2.24. The van der Waals surface area contributed by atoms with Crippen molar-refractivity contribution in [2.24, 2.45) is 0 Å². The van der Waals surface area contributed by atoms with E-state index in [2.05, 4.69) is 45.5 Å². The number of benzene rings is 2. The molecule has 2 aromatic rings. The monoisotopic (exact) mass is 305 g/mol. The SMILES string of the molecule is Fc1ccc(NCC2Cc3ccccc32)c(Br)c1. The van der Waals surface area contributed by atoms with Crippen molar-refractivity contribution < 1.29 is 4.39 Å². The Morgan fingerprint density at radius 1 is 1.22 bits per heavy atom. The van der Waals surface area contributed by atoms with E-state index in [0.717, 1.165) is 23.1 Å². The first-order valence-electron chi connectivity index (χ1n) is 6.01. The minimum atomic E-state index is -0.221. The van der Waals surface area contributed by atoms with E-state index in [1.54, 1.807) is 6.07 Å². The van der Waals surface area contributed by atoms with Crippen LogP contribution >= 0.6 is 15.9 Å². The second kappa shape index (κ2) is 4.73. The van der Waals surface area contributed by atoms with E-state index < -0.39 is 0 Å². The summed E-state index contributed by atoms with van der Waals surface area (Å²) in [5.41, 5.74) is 3.83. The molecule has 1 atom stereocenters. The fourth-order valence-corrected chi connectivity index (χ4v) is 2.90. The molecule has 3 heteroatoms. The minimum absolute atomic E-state index is 0.221.